The summed E-state index contributed by atoms with van der Waals surface area (Å²) in [4.78, 5) is 0. The van der Waals surface area contributed by atoms with Gasteiger partial charge in [0.25, 0.3) is 0 Å². The first-order chi connectivity index (χ1) is 9.83. The number of unbranched alkanes of at least 4 members (excludes halogenated alkanes) is 2. The fourth-order valence-corrected chi connectivity index (χ4v) is 3.09. The van der Waals surface area contributed by atoms with Crippen LogP contribution in [0.15, 0.2) is 36.4 Å². The number of nitrogens with zero attached hydrogens (tertiary/aromatic N) is 1. The number of nitriles is 1. The van der Waals surface area contributed by atoms with Gasteiger partial charge in [-0.05, 0) is 61.6 Å². The summed E-state index contributed by atoms with van der Waals surface area (Å²) in [6.45, 7) is 2.25. The number of hydrogen-bond donors (Lipinski definition) is 0. The van der Waals surface area contributed by atoms with E-state index in [-0.39, 0.29) is 0 Å². The Bertz CT molecular complexity index is 456. The minimum atomic E-state index is 0.697. The third-order valence-corrected chi connectivity index (χ3v) is 4.42. The van der Waals surface area contributed by atoms with Crippen molar-refractivity contribution in [3.63, 3.8) is 0 Å². The lowest BCUT2D eigenvalue weighted by molar-refractivity contribution is 0.375. The third kappa shape index (κ3) is 4.23. The molecule has 0 bridgehead atoms. The van der Waals surface area contributed by atoms with Crippen molar-refractivity contribution in [3.05, 3.63) is 47.5 Å². The molecule has 1 nitrogen and oxygen atoms in total. The van der Waals surface area contributed by atoms with E-state index in [4.69, 9.17) is 5.26 Å². The molecule has 0 unspecified atom stereocenters. The van der Waals surface area contributed by atoms with Gasteiger partial charge in [-0.3, -0.25) is 0 Å². The van der Waals surface area contributed by atoms with Crippen LogP contribution < -0.4 is 0 Å². The summed E-state index contributed by atoms with van der Waals surface area (Å²) in [5, 5.41) is 8.84. The molecule has 1 heteroatoms. The molecule has 0 spiro atoms. The maximum atomic E-state index is 8.84. The van der Waals surface area contributed by atoms with Crippen molar-refractivity contribution in [2.75, 3.05) is 0 Å². The fraction of sp³-hybridized carbons (Fsp3) is 0.526. The first-order valence-corrected chi connectivity index (χ1v) is 8.00. The van der Waals surface area contributed by atoms with Gasteiger partial charge in [0.15, 0.2) is 0 Å². The minimum absolute atomic E-state index is 0.697. The summed E-state index contributed by atoms with van der Waals surface area (Å²) in [5.74, 6) is 1.49. The molecule has 1 aliphatic rings. The Morgan fingerprint density at radius 3 is 2.45 bits per heavy atom. The van der Waals surface area contributed by atoms with Crippen molar-refractivity contribution >= 4 is 0 Å². The lowest BCUT2D eigenvalue weighted by Crippen LogP contribution is -2.11. The molecule has 1 fully saturated rings. The van der Waals surface area contributed by atoms with E-state index in [1.807, 2.05) is 12.1 Å². The molecule has 0 amide bonds. The lowest BCUT2D eigenvalue weighted by Gasteiger charge is -2.27. The highest BCUT2D eigenvalue weighted by molar-refractivity contribution is 5.33. The molecular weight excluding hydrogens is 242 g/mol. The molecule has 0 aliphatic heterocycles. The third-order valence-electron chi connectivity index (χ3n) is 4.42. The first-order valence-electron chi connectivity index (χ1n) is 8.00. The Kier molecular flexibility index (Phi) is 5.87. The monoisotopic (exact) mass is 267 g/mol. The predicted octanol–water partition coefficient (Wildman–Crippen LogP) is 5.58. The molecule has 20 heavy (non-hydrogen) atoms. The van der Waals surface area contributed by atoms with E-state index in [0.717, 1.165) is 11.5 Å². The van der Waals surface area contributed by atoms with Crippen molar-refractivity contribution in [1.29, 1.82) is 5.26 Å². The lowest BCUT2D eigenvalue weighted by atomic mass is 9.78. The van der Waals surface area contributed by atoms with Gasteiger partial charge in [-0.15, -0.1) is 0 Å². The van der Waals surface area contributed by atoms with E-state index in [1.165, 1.54) is 50.5 Å². The number of rotatable bonds is 5. The fourth-order valence-electron chi connectivity index (χ4n) is 3.09. The van der Waals surface area contributed by atoms with Crippen molar-refractivity contribution in [2.45, 2.75) is 57.8 Å². The van der Waals surface area contributed by atoms with E-state index in [0.29, 0.717) is 5.92 Å². The van der Waals surface area contributed by atoms with Gasteiger partial charge >= 0.3 is 0 Å². The van der Waals surface area contributed by atoms with Crippen LogP contribution in [0.25, 0.3) is 0 Å². The SMILES string of the molecule is CCCC/C=C/C1CCC(c2ccc(C#N)cc2)CC1. The van der Waals surface area contributed by atoms with Gasteiger partial charge in [0, 0.05) is 0 Å². The van der Waals surface area contributed by atoms with Gasteiger partial charge in [0.2, 0.25) is 0 Å². The molecule has 0 aromatic heterocycles. The zero-order valence-corrected chi connectivity index (χ0v) is 12.5. The molecule has 0 saturated heterocycles. The normalized spacial score (nSPS) is 22.8. The Morgan fingerprint density at radius 1 is 1.15 bits per heavy atom. The van der Waals surface area contributed by atoms with Crippen molar-refractivity contribution in [3.8, 4) is 6.07 Å². The highest BCUT2D eigenvalue weighted by Gasteiger charge is 2.20. The van der Waals surface area contributed by atoms with Gasteiger partial charge in [0.1, 0.15) is 0 Å². The van der Waals surface area contributed by atoms with E-state index < -0.39 is 0 Å². The molecule has 1 aromatic rings. The van der Waals surface area contributed by atoms with Crippen molar-refractivity contribution < 1.29 is 0 Å². The van der Waals surface area contributed by atoms with Crippen LogP contribution in [0.4, 0.5) is 0 Å². The average molecular weight is 267 g/mol. The molecule has 1 saturated carbocycles. The van der Waals surface area contributed by atoms with Crippen LogP contribution >= 0.6 is 0 Å². The second kappa shape index (κ2) is 7.90. The van der Waals surface area contributed by atoms with E-state index in [2.05, 4.69) is 37.3 Å². The van der Waals surface area contributed by atoms with Crippen LogP contribution in [-0.2, 0) is 0 Å². The summed E-state index contributed by atoms with van der Waals surface area (Å²) < 4.78 is 0. The molecule has 0 heterocycles. The summed E-state index contributed by atoms with van der Waals surface area (Å²) >= 11 is 0. The number of allylic oxidation sites excluding steroid dienone is 2. The smallest absolute Gasteiger partial charge is 0.0991 e. The Balaban J connectivity index is 1.81. The van der Waals surface area contributed by atoms with Crippen LogP contribution in [-0.4, -0.2) is 0 Å². The number of hydrogen-bond acceptors (Lipinski definition) is 1. The Hall–Kier alpha value is -1.55. The summed E-state index contributed by atoms with van der Waals surface area (Å²) in [6, 6.07) is 10.4. The summed E-state index contributed by atoms with van der Waals surface area (Å²) in [5.41, 5.74) is 2.18. The number of benzene rings is 1. The Morgan fingerprint density at radius 2 is 1.85 bits per heavy atom. The van der Waals surface area contributed by atoms with Crippen LogP contribution in [0.2, 0.25) is 0 Å². The molecular formula is C19H25N. The molecule has 106 valence electrons. The summed E-state index contributed by atoms with van der Waals surface area (Å²) in [7, 11) is 0. The second-order valence-corrected chi connectivity index (χ2v) is 5.92. The quantitative estimate of drug-likeness (QED) is 0.504. The van der Waals surface area contributed by atoms with Gasteiger partial charge in [0.05, 0.1) is 11.6 Å². The first kappa shape index (κ1) is 14.9. The minimum Gasteiger partial charge on any atom is -0.192 e. The van der Waals surface area contributed by atoms with Crippen molar-refractivity contribution in [2.24, 2.45) is 5.92 Å². The topological polar surface area (TPSA) is 23.8 Å². The average Bonchev–Trinajstić information content (AvgIpc) is 2.52. The van der Waals surface area contributed by atoms with Gasteiger partial charge in [-0.1, -0.05) is 44.1 Å². The van der Waals surface area contributed by atoms with Gasteiger partial charge in [-0.25, -0.2) is 0 Å². The van der Waals surface area contributed by atoms with E-state index in [9.17, 15) is 0 Å². The largest absolute Gasteiger partial charge is 0.192 e. The molecule has 0 atom stereocenters. The van der Waals surface area contributed by atoms with Crippen molar-refractivity contribution in [1.82, 2.24) is 0 Å². The highest BCUT2D eigenvalue weighted by atomic mass is 14.3. The molecule has 2 rings (SSSR count). The maximum Gasteiger partial charge on any atom is 0.0991 e. The van der Waals surface area contributed by atoms with Gasteiger partial charge in [-0.2, -0.15) is 5.26 Å². The molecule has 1 aromatic carbocycles. The zero-order chi connectivity index (χ0) is 14.2. The second-order valence-electron chi connectivity index (χ2n) is 5.92. The van der Waals surface area contributed by atoms with E-state index in [1.54, 1.807) is 0 Å². The van der Waals surface area contributed by atoms with Gasteiger partial charge < -0.3 is 0 Å². The van der Waals surface area contributed by atoms with E-state index >= 15 is 0 Å². The predicted molar refractivity (Wildman–Crippen MR) is 84.5 cm³/mol. The summed E-state index contributed by atoms with van der Waals surface area (Å²) in [6.07, 6.45) is 13.9. The zero-order valence-electron chi connectivity index (χ0n) is 12.5. The van der Waals surface area contributed by atoms with Crippen LogP contribution in [0.5, 0.6) is 0 Å². The maximum absolute atomic E-state index is 8.84. The Labute approximate surface area is 123 Å². The highest BCUT2D eigenvalue weighted by Crippen LogP contribution is 2.36. The van der Waals surface area contributed by atoms with Crippen LogP contribution in [0.3, 0.4) is 0 Å². The van der Waals surface area contributed by atoms with Crippen LogP contribution in [0, 0.1) is 17.2 Å². The van der Waals surface area contributed by atoms with Crippen LogP contribution in [0.1, 0.15) is 68.9 Å². The molecule has 0 N–H and O–H groups in total. The standard InChI is InChI=1S/C19H25N/c1-2-3-4-5-6-16-7-11-18(12-8-16)19-13-9-17(15-20)10-14-19/h5-6,9-10,13-14,16,18H,2-4,7-8,11-12H2,1H3/b6-5+. The molecule has 0 radical (unpaired) electrons. The molecule has 1 aliphatic carbocycles.